The molecule has 1 saturated carbocycles. The summed E-state index contributed by atoms with van der Waals surface area (Å²) in [4.78, 5) is 32.1. The number of aromatic nitrogens is 1. The normalized spacial score (nSPS) is 17.8. The van der Waals surface area contributed by atoms with Gasteiger partial charge in [0.2, 0.25) is 0 Å². The predicted molar refractivity (Wildman–Crippen MR) is 117 cm³/mol. The van der Waals surface area contributed by atoms with Crippen LogP contribution in [-0.2, 0) is 21.2 Å². The van der Waals surface area contributed by atoms with E-state index in [1.807, 2.05) is 0 Å². The first kappa shape index (κ1) is 22.6. The van der Waals surface area contributed by atoms with Crippen molar-refractivity contribution in [2.75, 3.05) is 4.90 Å². The van der Waals surface area contributed by atoms with Gasteiger partial charge >= 0.3 is 11.5 Å². The molecule has 0 N–H and O–H groups in total. The molecule has 0 radical (unpaired) electrons. The number of imide groups is 1. The molecule has 1 aliphatic carbocycles. The van der Waals surface area contributed by atoms with Crippen LogP contribution in [0, 0.1) is 0 Å². The maximum atomic E-state index is 13.3. The lowest BCUT2D eigenvalue weighted by Gasteiger charge is -2.22. The number of rotatable bonds is 4. The van der Waals surface area contributed by atoms with Gasteiger partial charge in [-0.2, -0.15) is 13.2 Å². The van der Waals surface area contributed by atoms with Crippen LogP contribution in [0.5, 0.6) is 0 Å². The van der Waals surface area contributed by atoms with E-state index in [1.165, 1.54) is 4.90 Å². The highest BCUT2D eigenvalue weighted by atomic mass is 35.5. The number of amides is 3. The smallest absolute Gasteiger partial charge is 0.305 e. The Morgan fingerprint density at radius 3 is 2.32 bits per heavy atom. The lowest BCUT2D eigenvalue weighted by molar-refractivity contribution is -0.120. The topological polar surface area (TPSA) is 87.7 Å². The summed E-state index contributed by atoms with van der Waals surface area (Å²) >= 11 is 6.12. The summed E-state index contributed by atoms with van der Waals surface area (Å²) in [5, 5.41) is 1.22. The van der Waals surface area contributed by atoms with Crippen LogP contribution in [0.15, 0.2) is 59.6 Å². The van der Waals surface area contributed by atoms with E-state index in [2.05, 4.69) is 4.98 Å². The fourth-order valence-electron chi connectivity index (χ4n) is 4.15. The van der Waals surface area contributed by atoms with Gasteiger partial charge in [0.05, 0.1) is 16.1 Å². The van der Waals surface area contributed by atoms with Crippen LogP contribution in [0.2, 0.25) is 5.02 Å². The molecule has 12 heteroatoms. The third-order valence-corrected chi connectivity index (χ3v) is 7.83. The second-order valence-electron chi connectivity index (χ2n) is 8.12. The van der Waals surface area contributed by atoms with Crippen LogP contribution in [-0.4, -0.2) is 41.3 Å². The van der Waals surface area contributed by atoms with Gasteiger partial charge in [0.25, 0.3) is 15.7 Å². The van der Waals surface area contributed by atoms with Crippen molar-refractivity contribution >= 4 is 50.0 Å². The van der Waals surface area contributed by atoms with Gasteiger partial charge < -0.3 is 4.90 Å². The van der Waals surface area contributed by atoms with E-state index in [1.54, 1.807) is 30.5 Å². The highest BCUT2D eigenvalue weighted by Gasteiger charge is 2.65. The van der Waals surface area contributed by atoms with E-state index in [9.17, 15) is 31.2 Å². The van der Waals surface area contributed by atoms with Crippen molar-refractivity contribution in [3.05, 3.63) is 65.3 Å². The summed E-state index contributed by atoms with van der Waals surface area (Å²) in [5.41, 5.74) is -5.11. The Hall–Kier alpha value is -3.18. The van der Waals surface area contributed by atoms with Crippen LogP contribution in [0.25, 0.3) is 10.9 Å². The molecule has 7 nitrogen and oxygen atoms in total. The van der Waals surface area contributed by atoms with Crippen molar-refractivity contribution in [3.63, 3.8) is 0 Å². The van der Waals surface area contributed by atoms with E-state index < -0.39 is 37.7 Å². The van der Waals surface area contributed by atoms with Gasteiger partial charge in [-0.3, -0.25) is 9.78 Å². The Bertz CT molecular complexity index is 1450. The van der Waals surface area contributed by atoms with Crippen molar-refractivity contribution in [2.24, 2.45) is 0 Å². The van der Waals surface area contributed by atoms with Crippen molar-refractivity contribution in [3.8, 4) is 0 Å². The molecule has 0 atom stereocenters. The quantitative estimate of drug-likeness (QED) is 0.476. The third kappa shape index (κ3) is 3.33. The maximum Gasteiger partial charge on any atom is 0.501 e. The fraction of sp³-hybridized carbons (Fsp3) is 0.227. The average Bonchev–Trinajstić information content (AvgIpc) is 3.55. The van der Waals surface area contributed by atoms with E-state index in [4.69, 9.17) is 11.6 Å². The van der Waals surface area contributed by atoms with Crippen molar-refractivity contribution in [2.45, 2.75) is 35.3 Å². The SMILES string of the molecule is O=C1N(c2ccc(S(=O)(=O)C(F)(F)F)cc2)C(=O)C2(CC2)N1Cc1ccnc2ccc(Cl)cc12. The second-order valence-corrected chi connectivity index (χ2v) is 10.5. The van der Waals surface area contributed by atoms with Crippen LogP contribution < -0.4 is 4.90 Å². The van der Waals surface area contributed by atoms with Gasteiger partial charge in [-0.05, 0) is 66.9 Å². The molecule has 1 saturated heterocycles. The second kappa shape index (κ2) is 7.41. The first-order valence-electron chi connectivity index (χ1n) is 10.1. The molecule has 1 aliphatic heterocycles. The van der Waals surface area contributed by atoms with Gasteiger partial charge in [-0.1, -0.05) is 11.6 Å². The highest BCUT2D eigenvalue weighted by Crippen LogP contribution is 2.50. The number of carbonyl (C=O) groups excluding carboxylic acids is 2. The molecule has 3 aromatic rings. The minimum Gasteiger partial charge on any atom is -0.305 e. The molecule has 0 unspecified atom stereocenters. The summed E-state index contributed by atoms with van der Waals surface area (Å²) in [6.45, 7) is 0.0982. The van der Waals surface area contributed by atoms with Crippen LogP contribution >= 0.6 is 11.6 Å². The molecule has 1 aromatic heterocycles. The number of halogens is 4. The number of hydrogen-bond acceptors (Lipinski definition) is 5. The number of alkyl halides is 3. The minimum atomic E-state index is -5.55. The largest absolute Gasteiger partial charge is 0.501 e. The summed E-state index contributed by atoms with van der Waals surface area (Å²) in [6.07, 6.45) is 2.47. The number of hydrogen-bond donors (Lipinski definition) is 0. The molecule has 5 rings (SSSR count). The van der Waals surface area contributed by atoms with Gasteiger partial charge in [-0.15, -0.1) is 0 Å². The zero-order valence-corrected chi connectivity index (χ0v) is 18.8. The van der Waals surface area contributed by atoms with Crippen molar-refractivity contribution < 1.29 is 31.2 Å². The van der Waals surface area contributed by atoms with E-state index in [0.29, 0.717) is 23.4 Å². The minimum absolute atomic E-state index is 0.00692. The number of carbonyl (C=O) groups is 2. The fourth-order valence-corrected chi connectivity index (χ4v) is 5.09. The molecule has 34 heavy (non-hydrogen) atoms. The molecule has 1 spiro atoms. The Morgan fingerprint density at radius 1 is 1.03 bits per heavy atom. The molecular formula is C22H15ClF3N3O4S. The highest BCUT2D eigenvalue weighted by molar-refractivity contribution is 7.92. The molecule has 0 bridgehead atoms. The van der Waals surface area contributed by atoms with Crippen LogP contribution in [0.1, 0.15) is 18.4 Å². The zero-order valence-electron chi connectivity index (χ0n) is 17.2. The van der Waals surface area contributed by atoms with E-state index >= 15 is 0 Å². The molecule has 2 aromatic carbocycles. The lowest BCUT2D eigenvalue weighted by atomic mass is 10.1. The number of sulfone groups is 1. The third-order valence-electron chi connectivity index (χ3n) is 6.10. The van der Waals surface area contributed by atoms with Gasteiger partial charge in [0.15, 0.2) is 0 Å². The average molecular weight is 510 g/mol. The number of urea groups is 1. The Kier molecular flexibility index (Phi) is 4.93. The Morgan fingerprint density at radius 2 is 1.71 bits per heavy atom. The summed E-state index contributed by atoms with van der Waals surface area (Å²) < 4.78 is 61.7. The van der Waals surface area contributed by atoms with E-state index in [-0.39, 0.29) is 12.2 Å². The van der Waals surface area contributed by atoms with Gasteiger partial charge in [0.1, 0.15) is 5.54 Å². The van der Waals surface area contributed by atoms with E-state index in [0.717, 1.165) is 40.1 Å². The summed E-state index contributed by atoms with van der Waals surface area (Å²) in [6, 6.07) is 9.77. The zero-order chi connectivity index (χ0) is 24.5. The lowest BCUT2D eigenvalue weighted by Crippen LogP contribution is -2.36. The molecule has 3 amide bonds. The first-order chi connectivity index (χ1) is 16.0. The molecule has 2 fully saturated rings. The first-order valence-corrected chi connectivity index (χ1v) is 11.9. The molecular weight excluding hydrogens is 495 g/mol. The number of pyridine rings is 1. The Labute approximate surface area is 196 Å². The Balaban J connectivity index is 1.48. The number of benzene rings is 2. The van der Waals surface area contributed by atoms with Gasteiger partial charge in [0, 0.05) is 23.2 Å². The molecule has 176 valence electrons. The maximum absolute atomic E-state index is 13.3. The van der Waals surface area contributed by atoms with Crippen LogP contribution in [0.3, 0.4) is 0 Å². The predicted octanol–water partition coefficient (Wildman–Crippen LogP) is 4.68. The molecule has 2 heterocycles. The summed E-state index contributed by atoms with van der Waals surface area (Å²) in [5.74, 6) is -0.500. The summed E-state index contributed by atoms with van der Waals surface area (Å²) in [7, 11) is -5.55. The molecule has 2 aliphatic rings. The van der Waals surface area contributed by atoms with Gasteiger partial charge in [-0.25, -0.2) is 18.1 Å². The number of nitrogens with zero attached hydrogens (tertiary/aromatic N) is 3. The monoisotopic (exact) mass is 509 g/mol. The number of anilines is 1. The standard InChI is InChI=1S/C22H15ClF3N3O4S/c23-14-1-6-18-17(11-14)13(7-10-27-18)12-28-20(31)29(19(30)21(28)8-9-21)15-2-4-16(5-3-15)34(32,33)22(24,25)26/h1-7,10-11H,8-9,12H2. The number of fused-ring (bicyclic) bond motifs is 1. The van der Waals surface area contributed by atoms with Crippen LogP contribution in [0.4, 0.5) is 23.7 Å². The van der Waals surface area contributed by atoms with Crippen molar-refractivity contribution in [1.82, 2.24) is 9.88 Å². The van der Waals surface area contributed by atoms with Crippen molar-refractivity contribution in [1.29, 1.82) is 0 Å².